The minimum Gasteiger partial charge on any atom is -0.486 e. The quantitative estimate of drug-likeness (QED) is 0.860. The Labute approximate surface area is 154 Å². The van der Waals surface area contributed by atoms with Gasteiger partial charge in [0.05, 0.1) is 12.6 Å². The molecule has 7 nitrogen and oxygen atoms in total. The second-order valence-electron chi connectivity index (χ2n) is 6.14. The van der Waals surface area contributed by atoms with Crippen LogP contribution in [0, 0.1) is 0 Å². The van der Waals surface area contributed by atoms with Crippen molar-refractivity contribution in [3.8, 4) is 11.5 Å². The van der Waals surface area contributed by atoms with Crippen molar-refractivity contribution in [2.75, 3.05) is 24.7 Å². The molecule has 0 unspecified atom stereocenters. The lowest BCUT2D eigenvalue weighted by Crippen LogP contribution is -2.43. The average molecular weight is 373 g/mol. The number of urea groups is 1. The van der Waals surface area contributed by atoms with Crippen LogP contribution in [0.2, 0.25) is 0 Å². The van der Waals surface area contributed by atoms with E-state index in [1.807, 2.05) is 35.7 Å². The van der Waals surface area contributed by atoms with Crippen LogP contribution >= 0.6 is 11.3 Å². The molecule has 0 bridgehead atoms. The highest BCUT2D eigenvalue weighted by atomic mass is 32.1. The predicted molar refractivity (Wildman–Crippen MR) is 97.9 cm³/mol. The SMILES string of the molecule is O=C(NCc1cccs1)N[C@@H]1CC(=O)N(c2ccc3c(c2)OCCO3)C1. The summed E-state index contributed by atoms with van der Waals surface area (Å²) >= 11 is 1.59. The molecule has 1 aromatic heterocycles. The van der Waals surface area contributed by atoms with Crippen LogP contribution in [0.4, 0.5) is 10.5 Å². The zero-order valence-corrected chi connectivity index (χ0v) is 14.9. The van der Waals surface area contributed by atoms with Crippen LogP contribution in [-0.2, 0) is 11.3 Å². The fourth-order valence-electron chi connectivity index (χ4n) is 3.07. The van der Waals surface area contributed by atoms with E-state index < -0.39 is 0 Å². The van der Waals surface area contributed by atoms with E-state index in [2.05, 4.69) is 10.6 Å². The first-order valence-corrected chi connectivity index (χ1v) is 9.34. The van der Waals surface area contributed by atoms with Gasteiger partial charge in [0.15, 0.2) is 11.5 Å². The highest BCUT2D eigenvalue weighted by molar-refractivity contribution is 7.09. The van der Waals surface area contributed by atoms with Gasteiger partial charge in [-0.3, -0.25) is 4.79 Å². The van der Waals surface area contributed by atoms with Crippen LogP contribution < -0.4 is 25.0 Å². The van der Waals surface area contributed by atoms with Crippen molar-refractivity contribution in [1.29, 1.82) is 0 Å². The molecule has 3 heterocycles. The predicted octanol–water partition coefficient (Wildman–Crippen LogP) is 2.12. The molecule has 26 heavy (non-hydrogen) atoms. The zero-order chi connectivity index (χ0) is 17.9. The number of hydrogen-bond acceptors (Lipinski definition) is 5. The number of nitrogens with zero attached hydrogens (tertiary/aromatic N) is 1. The molecule has 2 aliphatic heterocycles. The molecule has 136 valence electrons. The molecule has 0 saturated carbocycles. The first-order valence-electron chi connectivity index (χ1n) is 8.46. The number of amides is 3. The fraction of sp³-hybridized carbons (Fsp3) is 0.333. The Bertz CT molecular complexity index is 809. The number of rotatable bonds is 4. The lowest BCUT2D eigenvalue weighted by Gasteiger charge is -2.22. The summed E-state index contributed by atoms with van der Waals surface area (Å²) in [5.74, 6) is 1.31. The number of ether oxygens (including phenoxy) is 2. The van der Waals surface area contributed by atoms with Crippen LogP contribution in [0.3, 0.4) is 0 Å². The molecule has 0 radical (unpaired) electrons. The van der Waals surface area contributed by atoms with Crippen LogP contribution in [0.5, 0.6) is 11.5 Å². The largest absolute Gasteiger partial charge is 0.486 e. The molecule has 1 fully saturated rings. The third kappa shape index (κ3) is 3.60. The summed E-state index contributed by atoms with van der Waals surface area (Å²) in [4.78, 5) is 27.2. The van der Waals surface area contributed by atoms with Gasteiger partial charge in [0, 0.05) is 29.6 Å². The van der Waals surface area contributed by atoms with E-state index in [1.54, 1.807) is 16.2 Å². The molecule has 2 N–H and O–H groups in total. The standard InChI is InChI=1S/C18H19N3O4S/c22-17-8-12(20-18(23)19-10-14-2-1-7-26-14)11-21(17)13-3-4-15-16(9-13)25-6-5-24-15/h1-4,7,9,12H,5-6,8,10-11H2,(H2,19,20,23)/t12-/m1/s1. The van der Waals surface area contributed by atoms with Crippen molar-refractivity contribution in [2.45, 2.75) is 19.0 Å². The minimum atomic E-state index is -0.264. The summed E-state index contributed by atoms with van der Waals surface area (Å²) in [6, 6.07) is 8.88. The number of hydrogen-bond donors (Lipinski definition) is 2. The Balaban J connectivity index is 1.35. The van der Waals surface area contributed by atoms with E-state index in [0.717, 1.165) is 10.6 Å². The molecule has 2 aromatic rings. The monoisotopic (exact) mass is 373 g/mol. The van der Waals surface area contributed by atoms with E-state index in [-0.39, 0.29) is 24.4 Å². The number of benzene rings is 1. The number of carbonyl (C=O) groups is 2. The second-order valence-corrected chi connectivity index (χ2v) is 7.17. The normalized spacial score (nSPS) is 18.7. The van der Waals surface area contributed by atoms with Crippen molar-refractivity contribution in [3.63, 3.8) is 0 Å². The maximum Gasteiger partial charge on any atom is 0.315 e. The molecule has 0 spiro atoms. The Morgan fingerprint density at radius 3 is 2.88 bits per heavy atom. The van der Waals surface area contributed by atoms with E-state index >= 15 is 0 Å². The summed E-state index contributed by atoms with van der Waals surface area (Å²) in [7, 11) is 0. The third-order valence-corrected chi connectivity index (χ3v) is 5.18. The number of nitrogens with one attached hydrogen (secondary N) is 2. The van der Waals surface area contributed by atoms with Crippen molar-refractivity contribution >= 4 is 29.0 Å². The topological polar surface area (TPSA) is 79.9 Å². The minimum absolute atomic E-state index is 0.0229. The highest BCUT2D eigenvalue weighted by Crippen LogP contribution is 2.35. The summed E-state index contributed by atoms with van der Waals surface area (Å²) in [6.07, 6.45) is 0.279. The van der Waals surface area contributed by atoms with Gasteiger partial charge < -0.3 is 25.0 Å². The smallest absolute Gasteiger partial charge is 0.315 e. The van der Waals surface area contributed by atoms with Crippen LogP contribution in [0.1, 0.15) is 11.3 Å². The third-order valence-electron chi connectivity index (χ3n) is 4.30. The number of fused-ring (bicyclic) bond motifs is 1. The van der Waals surface area contributed by atoms with Gasteiger partial charge in [-0.05, 0) is 23.6 Å². The van der Waals surface area contributed by atoms with Crippen LogP contribution in [0.15, 0.2) is 35.7 Å². The van der Waals surface area contributed by atoms with Gasteiger partial charge in [0.1, 0.15) is 13.2 Å². The van der Waals surface area contributed by atoms with Gasteiger partial charge in [-0.2, -0.15) is 0 Å². The van der Waals surface area contributed by atoms with Crippen LogP contribution in [0.25, 0.3) is 0 Å². The molecule has 1 atom stereocenters. The molecule has 4 rings (SSSR count). The molecular formula is C18H19N3O4S. The fourth-order valence-corrected chi connectivity index (χ4v) is 3.72. The molecule has 8 heteroatoms. The Hall–Kier alpha value is -2.74. The molecule has 3 amide bonds. The molecular weight excluding hydrogens is 354 g/mol. The van der Waals surface area contributed by atoms with Gasteiger partial charge in [-0.15, -0.1) is 11.3 Å². The van der Waals surface area contributed by atoms with Crippen molar-refractivity contribution in [3.05, 3.63) is 40.6 Å². The Morgan fingerprint density at radius 1 is 1.23 bits per heavy atom. The van der Waals surface area contributed by atoms with Crippen LogP contribution in [-0.4, -0.2) is 37.7 Å². The first-order chi connectivity index (χ1) is 12.7. The van der Waals surface area contributed by atoms with Gasteiger partial charge >= 0.3 is 6.03 Å². The van der Waals surface area contributed by atoms with E-state index in [1.165, 1.54) is 0 Å². The Morgan fingerprint density at radius 2 is 2.08 bits per heavy atom. The summed E-state index contributed by atoms with van der Waals surface area (Å²) in [5, 5.41) is 7.65. The van der Waals surface area contributed by atoms with Gasteiger partial charge in [0.25, 0.3) is 0 Å². The number of anilines is 1. The van der Waals surface area contributed by atoms with E-state index in [0.29, 0.717) is 37.8 Å². The van der Waals surface area contributed by atoms with Gasteiger partial charge in [-0.25, -0.2) is 4.79 Å². The second kappa shape index (κ2) is 7.25. The Kier molecular flexibility index (Phi) is 4.66. The van der Waals surface area contributed by atoms with Gasteiger partial charge in [-0.1, -0.05) is 6.07 Å². The van der Waals surface area contributed by atoms with Crippen molar-refractivity contribution < 1.29 is 19.1 Å². The van der Waals surface area contributed by atoms with Gasteiger partial charge in [0.2, 0.25) is 5.91 Å². The average Bonchev–Trinajstić information content (AvgIpc) is 3.29. The molecule has 0 aliphatic carbocycles. The molecule has 2 aliphatic rings. The molecule has 1 aromatic carbocycles. The first kappa shape index (κ1) is 16.7. The highest BCUT2D eigenvalue weighted by Gasteiger charge is 2.32. The van der Waals surface area contributed by atoms with E-state index in [4.69, 9.17) is 9.47 Å². The van der Waals surface area contributed by atoms with Crippen molar-refractivity contribution in [2.24, 2.45) is 0 Å². The summed E-state index contributed by atoms with van der Waals surface area (Å²) < 4.78 is 11.1. The maximum atomic E-state index is 12.4. The number of carbonyl (C=O) groups excluding carboxylic acids is 2. The van der Waals surface area contributed by atoms with Crippen molar-refractivity contribution in [1.82, 2.24) is 10.6 Å². The summed E-state index contributed by atoms with van der Waals surface area (Å²) in [6.45, 7) is 1.95. The number of thiophene rings is 1. The lowest BCUT2D eigenvalue weighted by molar-refractivity contribution is -0.117. The lowest BCUT2D eigenvalue weighted by atomic mass is 10.2. The zero-order valence-electron chi connectivity index (χ0n) is 14.1. The maximum absolute atomic E-state index is 12.4. The van der Waals surface area contributed by atoms with E-state index in [9.17, 15) is 9.59 Å². The molecule has 1 saturated heterocycles. The summed E-state index contributed by atoms with van der Waals surface area (Å²) in [5.41, 5.74) is 0.752.